The second kappa shape index (κ2) is 9.09. The molecule has 0 spiro atoms. The maximum absolute atomic E-state index is 14.4. The molecule has 0 aromatic heterocycles. The number of hydrogen-bond acceptors (Lipinski definition) is 1. The number of alkyl halides is 6. The summed E-state index contributed by atoms with van der Waals surface area (Å²) in [7, 11) is 0. The van der Waals surface area contributed by atoms with Gasteiger partial charge in [0.15, 0.2) is 0 Å². The van der Waals surface area contributed by atoms with Crippen molar-refractivity contribution in [1.82, 2.24) is 0 Å². The van der Waals surface area contributed by atoms with Crippen LogP contribution in [-0.2, 0) is 5.41 Å². The SMILES string of the molecule is Cc1ccc(C(c2ccc(O)cc2)(C(CF)(CF)CF)C(CF)(CF)CF)cc1. The molecular formula is C22H24F6O. The fourth-order valence-electron chi connectivity index (χ4n) is 4.28. The summed E-state index contributed by atoms with van der Waals surface area (Å²) in [5.41, 5.74) is -6.87. The van der Waals surface area contributed by atoms with Crippen LogP contribution in [0.2, 0.25) is 0 Å². The Morgan fingerprint density at radius 3 is 1.21 bits per heavy atom. The molecule has 0 radical (unpaired) electrons. The lowest BCUT2D eigenvalue weighted by Gasteiger charge is -2.56. The molecule has 0 fully saturated rings. The number of aromatic hydroxyl groups is 1. The lowest BCUT2D eigenvalue weighted by molar-refractivity contribution is -0.0719. The van der Waals surface area contributed by atoms with E-state index in [0.717, 1.165) is 17.7 Å². The van der Waals surface area contributed by atoms with Gasteiger partial charge in [-0.15, -0.1) is 0 Å². The van der Waals surface area contributed by atoms with Crippen molar-refractivity contribution in [2.75, 3.05) is 40.0 Å². The average molecular weight is 418 g/mol. The van der Waals surface area contributed by atoms with Crippen molar-refractivity contribution in [3.05, 3.63) is 65.2 Å². The van der Waals surface area contributed by atoms with Crippen LogP contribution < -0.4 is 0 Å². The average Bonchev–Trinajstić information content (AvgIpc) is 2.76. The van der Waals surface area contributed by atoms with Gasteiger partial charge in [-0.05, 0) is 30.2 Å². The Balaban J connectivity index is 3.11. The molecule has 0 bridgehead atoms. The smallest absolute Gasteiger partial charge is 0.115 e. The summed E-state index contributed by atoms with van der Waals surface area (Å²) in [4.78, 5) is 0. The van der Waals surface area contributed by atoms with E-state index in [-0.39, 0.29) is 16.9 Å². The van der Waals surface area contributed by atoms with Gasteiger partial charge in [0.25, 0.3) is 0 Å². The molecule has 0 saturated heterocycles. The third-order valence-electron chi connectivity index (χ3n) is 5.91. The topological polar surface area (TPSA) is 20.2 Å². The van der Waals surface area contributed by atoms with E-state index >= 15 is 0 Å². The maximum atomic E-state index is 14.4. The highest BCUT2D eigenvalue weighted by atomic mass is 19.2. The summed E-state index contributed by atoms with van der Waals surface area (Å²) in [5.74, 6) is -0.218. The van der Waals surface area contributed by atoms with E-state index in [4.69, 9.17) is 0 Å². The summed E-state index contributed by atoms with van der Waals surface area (Å²) >= 11 is 0. The van der Waals surface area contributed by atoms with Gasteiger partial charge < -0.3 is 5.11 Å². The highest BCUT2D eigenvalue weighted by Crippen LogP contribution is 2.59. The summed E-state index contributed by atoms with van der Waals surface area (Å²) in [6.07, 6.45) is 0. The van der Waals surface area contributed by atoms with Crippen LogP contribution in [0.3, 0.4) is 0 Å². The maximum Gasteiger partial charge on any atom is 0.115 e. The second-order valence-corrected chi connectivity index (χ2v) is 7.53. The van der Waals surface area contributed by atoms with Crippen molar-refractivity contribution in [2.24, 2.45) is 10.8 Å². The predicted octanol–water partition coefficient (Wildman–Crippen LogP) is 5.78. The van der Waals surface area contributed by atoms with E-state index in [1.54, 1.807) is 19.1 Å². The molecule has 29 heavy (non-hydrogen) atoms. The zero-order chi connectivity index (χ0) is 21.7. The fourth-order valence-corrected chi connectivity index (χ4v) is 4.28. The molecule has 0 aliphatic heterocycles. The first-order chi connectivity index (χ1) is 13.9. The minimum Gasteiger partial charge on any atom is -0.508 e. The van der Waals surface area contributed by atoms with Crippen molar-refractivity contribution in [2.45, 2.75) is 12.3 Å². The van der Waals surface area contributed by atoms with Crippen LogP contribution >= 0.6 is 0 Å². The molecule has 1 N–H and O–H groups in total. The van der Waals surface area contributed by atoms with Crippen LogP contribution in [0.1, 0.15) is 16.7 Å². The van der Waals surface area contributed by atoms with Gasteiger partial charge in [0.2, 0.25) is 0 Å². The minimum absolute atomic E-state index is 0.00492. The van der Waals surface area contributed by atoms with E-state index in [1.807, 2.05) is 0 Å². The van der Waals surface area contributed by atoms with Gasteiger partial charge in [-0.25, -0.2) is 0 Å². The van der Waals surface area contributed by atoms with E-state index in [9.17, 15) is 31.4 Å². The van der Waals surface area contributed by atoms with Crippen molar-refractivity contribution in [3.63, 3.8) is 0 Å². The number of rotatable bonds is 10. The zero-order valence-corrected chi connectivity index (χ0v) is 16.1. The van der Waals surface area contributed by atoms with Crippen molar-refractivity contribution in [3.8, 4) is 5.75 Å². The van der Waals surface area contributed by atoms with Gasteiger partial charge >= 0.3 is 0 Å². The molecule has 0 aliphatic rings. The second-order valence-electron chi connectivity index (χ2n) is 7.53. The summed E-state index contributed by atoms with van der Waals surface area (Å²) in [6.45, 7) is -7.96. The molecular weight excluding hydrogens is 394 g/mol. The predicted molar refractivity (Wildman–Crippen MR) is 101 cm³/mol. The van der Waals surface area contributed by atoms with Gasteiger partial charge in [0.05, 0.1) is 10.8 Å². The molecule has 7 heteroatoms. The number of aryl methyl sites for hydroxylation is 1. The largest absolute Gasteiger partial charge is 0.508 e. The molecule has 0 aliphatic carbocycles. The fraction of sp³-hybridized carbons (Fsp3) is 0.455. The van der Waals surface area contributed by atoms with Crippen LogP contribution in [-0.4, -0.2) is 45.2 Å². The van der Waals surface area contributed by atoms with Gasteiger partial charge in [-0.3, -0.25) is 26.3 Å². The number of benzene rings is 2. The monoisotopic (exact) mass is 418 g/mol. The highest BCUT2D eigenvalue weighted by Gasteiger charge is 2.66. The molecule has 0 heterocycles. The highest BCUT2D eigenvalue weighted by molar-refractivity contribution is 5.48. The Bertz CT molecular complexity index is 683. The molecule has 2 aromatic carbocycles. The molecule has 0 unspecified atom stereocenters. The Morgan fingerprint density at radius 1 is 0.586 bits per heavy atom. The number of phenols is 1. The number of hydrogen-bond donors (Lipinski definition) is 1. The molecule has 0 atom stereocenters. The van der Waals surface area contributed by atoms with Crippen LogP contribution in [0.25, 0.3) is 0 Å². The van der Waals surface area contributed by atoms with Crippen LogP contribution in [0.5, 0.6) is 5.75 Å². The van der Waals surface area contributed by atoms with Gasteiger partial charge in [-0.1, -0.05) is 42.0 Å². The Morgan fingerprint density at radius 2 is 0.897 bits per heavy atom. The van der Waals surface area contributed by atoms with Crippen molar-refractivity contribution < 1.29 is 31.4 Å². The van der Waals surface area contributed by atoms with E-state index in [0.29, 0.717) is 0 Å². The normalized spacial score (nSPS) is 12.9. The van der Waals surface area contributed by atoms with Crippen molar-refractivity contribution in [1.29, 1.82) is 0 Å². The first kappa shape index (κ1) is 23.1. The molecule has 160 valence electrons. The Kier molecular flexibility index (Phi) is 7.25. The first-order valence-corrected chi connectivity index (χ1v) is 9.09. The molecule has 0 amide bonds. The van der Waals surface area contributed by atoms with Gasteiger partial charge in [0, 0.05) is 5.41 Å². The van der Waals surface area contributed by atoms with Crippen molar-refractivity contribution >= 4 is 0 Å². The quantitative estimate of drug-likeness (QED) is 0.485. The van der Waals surface area contributed by atoms with E-state index < -0.39 is 56.3 Å². The number of phenolic OH excluding ortho intramolecular Hbond substituents is 1. The Hall–Kier alpha value is -2.18. The van der Waals surface area contributed by atoms with Crippen LogP contribution in [0.4, 0.5) is 26.3 Å². The zero-order valence-electron chi connectivity index (χ0n) is 16.1. The number of halogens is 6. The standard InChI is InChI=1S/C22H24F6O/c1-16-2-4-17(5-3-16)22(20(10-23,11-24)12-25,21(13-26,14-27)15-28)18-6-8-19(29)9-7-18/h2-9,29H,10-15H2,1H3. The summed E-state index contributed by atoms with van der Waals surface area (Å²) in [5, 5.41) is 9.63. The first-order valence-electron chi connectivity index (χ1n) is 9.09. The lowest BCUT2D eigenvalue weighted by Crippen LogP contribution is -2.64. The summed E-state index contributed by atoms with van der Waals surface area (Å²) < 4.78 is 86.3. The third kappa shape index (κ3) is 3.38. The van der Waals surface area contributed by atoms with Crippen LogP contribution in [0, 0.1) is 17.8 Å². The minimum atomic E-state index is -2.58. The van der Waals surface area contributed by atoms with E-state index in [2.05, 4.69) is 0 Å². The summed E-state index contributed by atoms with van der Waals surface area (Å²) in [6, 6.07) is 10.5. The molecule has 0 saturated carbocycles. The van der Waals surface area contributed by atoms with E-state index in [1.165, 1.54) is 24.3 Å². The Labute approximate surface area is 166 Å². The lowest BCUT2D eigenvalue weighted by atomic mass is 9.47. The van der Waals surface area contributed by atoms with Crippen LogP contribution in [0.15, 0.2) is 48.5 Å². The molecule has 2 rings (SSSR count). The van der Waals surface area contributed by atoms with Gasteiger partial charge in [0.1, 0.15) is 45.8 Å². The third-order valence-corrected chi connectivity index (χ3v) is 5.91. The van der Waals surface area contributed by atoms with Gasteiger partial charge in [-0.2, -0.15) is 0 Å². The molecule has 1 nitrogen and oxygen atoms in total. The molecule has 2 aromatic rings.